The molecule has 1 aliphatic heterocycles. The minimum Gasteiger partial charge on any atom is -0.464 e. The van der Waals surface area contributed by atoms with Crippen molar-refractivity contribution in [3.63, 3.8) is 0 Å². The number of rotatable bonds is 4. The molecule has 1 saturated heterocycles. The standard InChI is InChI=1S/C16H26N4O6S/c1-16(2,3)26-15(22)18-11-6-8-20(9-7-11)27(23,24)12-10-17-19(4)13(12)14(21)25-5/h10-11H,6-9H2,1-5H3,(H,18,22). The molecule has 0 saturated carbocycles. The first-order valence-corrected chi connectivity index (χ1v) is 9.99. The largest absolute Gasteiger partial charge is 0.464 e. The van der Waals surface area contributed by atoms with Crippen molar-refractivity contribution in [2.45, 2.75) is 50.2 Å². The fourth-order valence-electron chi connectivity index (χ4n) is 2.79. The van der Waals surface area contributed by atoms with Crippen LogP contribution in [0.2, 0.25) is 0 Å². The SMILES string of the molecule is COC(=O)c1c(S(=O)(=O)N2CCC(NC(=O)OC(C)(C)C)CC2)cnn1C. The first kappa shape index (κ1) is 21.2. The summed E-state index contributed by atoms with van der Waals surface area (Å²) >= 11 is 0. The first-order valence-electron chi connectivity index (χ1n) is 8.55. The van der Waals surface area contributed by atoms with Crippen molar-refractivity contribution >= 4 is 22.1 Å². The number of carbonyl (C=O) groups is 2. The van der Waals surface area contributed by atoms with Crippen LogP contribution in [0.1, 0.15) is 44.1 Å². The number of piperidine rings is 1. The van der Waals surface area contributed by atoms with E-state index < -0.39 is 27.7 Å². The Bertz CT molecular complexity index is 803. The second-order valence-corrected chi connectivity index (χ2v) is 9.20. The van der Waals surface area contributed by atoms with E-state index in [0.717, 1.165) is 6.20 Å². The highest BCUT2D eigenvalue weighted by atomic mass is 32.2. The molecule has 0 bridgehead atoms. The van der Waals surface area contributed by atoms with E-state index >= 15 is 0 Å². The summed E-state index contributed by atoms with van der Waals surface area (Å²) in [6, 6.07) is -0.180. The van der Waals surface area contributed by atoms with Gasteiger partial charge in [-0.15, -0.1) is 0 Å². The summed E-state index contributed by atoms with van der Waals surface area (Å²) in [6.07, 6.45) is 1.50. The van der Waals surface area contributed by atoms with Gasteiger partial charge in [0, 0.05) is 26.2 Å². The van der Waals surface area contributed by atoms with Crippen LogP contribution in [0, 0.1) is 0 Å². The Hall–Kier alpha value is -2.14. The zero-order chi connectivity index (χ0) is 20.4. The van der Waals surface area contributed by atoms with Gasteiger partial charge in [0.2, 0.25) is 10.0 Å². The molecule has 11 heteroatoms. The third-order valence-electron chi connectivity index (χ3n) is 4.08. The maximum atomic E-state index is 12.9. The molecule has 2 heterocycles. The number of alkyl carbamates (subject to hydrolysis) is 1. The van der Waals surface area contributed by atoms with Crippen LogP contribution in [0.25, 0.3) is 0 Å². The molecule has 0 unspecified atom stereocenters. The van der Waals surface area contributed by atoms with Crippen molar-refractivity contribution < 1.29 is 27.5 Å². The van der Waals surface area contributed by atoms with Gasteiger partial charge in [-0.05, 0) is 33.6 Å². The molecule has 1 fully saturated rings. The number of ether oxygens (including phenoxy) is 2. The zero-order valence-corrected chi connectivity index (χ0v) is 17.0. The Morgan fingerprint density at radius 1 is 1.26 bits per heavy atom. The number of amides is 1. The third-order valence-corrected chi connectivity index (χ3v) is 5.98. The van der Waals surface area contributed by atoms with Crippen LogP contribution in [0.15, 0.2) is 11.1 Å². The number of esters is 1. The molecule has 2 rings (SSSR count). The lowest BCUT2D eigenvalue weighted by Gasteiger charge is -2.32. The fourth-order valence-corrected chi connectivity index (χ4v) is 4.40. The van der Waals surface area contributed by atoms with Gasteiger partial charge in [0.25, 0.3) is 0 Å². The number of methoxy groups -OCH3 is 1. The molecule has 0 aromatic carbocycles. The molecule has 1 aromatic rings. The Morgan fingerprint density at radius 3 is 2.37 bits per heavy atom. The zero-order valence-electron chi connectivity index (χ0n) is 16.2. The molecule has 0 radical (unpaired) electrons. The summed E-state index contributed by atoms with van der Waals surface area (Å²) in [4.78, 5) is 23.6. The van der Waals surface area contributed by atoms with Crippen LogP contribution in [0.4, 0.5) is 4.79 Å². The van der Waals surface area contributed by atoms with Crippen LogP contribution in [-0.4, -0.2) is 66.4 Å². The van der Waals surface area contributed by atoms with Gasteiger partial charge in [0.15, 0.2) is 5.69 Å². The Labute approximate surface area is 158 Å². The number of aryl methyl sites for hydroxylation is 1. The molecule has 0 atom stereocenters. The molecule has 1 amide bonds. The van der Waals surface area contributed by atoms with Crippen molar-refractivity contribution in [1.82, 2.24) is 19.4 Å². The predicted molar refractivity (Wildman–Crippen MR) is 95.7 cm³/mol. The number of aromatic nitrogens is 2. The van der Waals surface area contributed by atoms with Crippen molar-refractivity contribution in [2.24, 2.45) is 7.05 Å². The average Bonchev–Trinajstić information content (AvgIpc) is 2.95. The fraction of sp³-hybridized carbons (Fsp3) is 0.688. The smallest absolute Gasteiger partial charge is 0.407 e. The maximum Gasteiger partial charge on any atom is 0.407 e. The van der Waals surface area contributed by atoms with Gasteiger partial charge >= 0.3 is 12.1 Å². The van der Waals surface area contributed by atoms with Crippen LogP contribution in [0.5, 0.6) is 0 Å². The van der Waals surface area contributed by atoms with Gasteiger partial charge in [0.1, 0.15) is 10.5 Å². The van der Waals surface area contributed by atoms with E-state index in [0.29, 0.717) is 12.8 Å². The van der Waals surface area contributed by atoms with Crippen molar-refractivity contribution in [1.29, 1.82) is 0 Å². The Kier molecular flexibility index (Phi) is 6.15. The van der Waals surface area contributed by atoms with E-state index in [1.54, 1.807) is 20.8 Å². The minimum atomic E-state index is -3.90. The number of nitrogens with one attached hydrogen (secondary N) is 1. The summed E-state index contributed by atoms with van der Waals surface area (Å²) in [5.74, 6) is -0.768. The quantitative estimate of drug-likeness (QED) is 0.743. The van der Waals surface area contributed by atoms with Crippen LogP contribution in [0.3, 0.4) is 0 Å². The highest BCUT2D eigenvalue weighted by molar-refractivity contribution is 7.89. The monoisotopic (exact) mass is 402 g/mol. The second kappa shape index (κ2) is 7.85. The molecule has 1 aliphatic rings. The van der Waals surface area contributed by atoms with E-state index in [4.69, 9.17) is 4.74 Å². The number of hydrogen-bond donors (Lipinski definition) is 1. The van der Waals surface area contributed by atoms with E-state index in [2.05, 4.69) is 15.2 Å². The molecule has 27 heavy (non-hydrogen) atoms. The third kappa shape index (κ3) is 4.98. The average molecular weight is 402 g/mol. The van der Waals surface area contributed by atoms with Crippen molar-refractivity contribution in [3.05, 3.63) is 11.9 Å². The summed E-state index contributed by atoms with van der Waals surface area (Å²) in [6.45, 7) is 5.73. The van der Waals surface area contributed by atoms with Crippen LogP contribution < -0.4 is 5.32 Å². The molecular weight excluding hydrogens is 376 g/mol. The molecule has 0 spiro atoms. The lowest BCUT2D eigenvalue weighted by atomic mass is 10.1. The molecular formula is C16H26N4O6S. The van der Waals surface area contributed by atoms with E-state index in [1.807, 2.05) is 0 Å². The van der Waals surface area contributed by atoms with Crippen molar-refractivity contribution in [3.8, 4) is 0 Å². The number of sulfonamides is 1. The van der Waals surface area contributed by atoms with Gasteiger partial charge in [-0.25, -0.2) is 18.0 Å². The van der Waals surface area contributed by atoms with Crippen molar-refractivity contribution in [2.75, 3.05) is 20.2 Å². The number of nitrogens with zero attached hydrogens (tertiary/aromatic N) is 3. The Morgan fingerprint density at radius 2 is 1.85 bits per heavy atom. The normalized spacial score (nSPS) is 16.8. The van der Waals surface area contributed by atoms with E-state index in [1.165, 1.54) is 23.1 Å². The van der Waals surface area contributed by atoms with E-state index in [-0.39, 0.29) is 29.7 Å². The first-order chi connectivity index (χ1) is 12.5. The summed E-state index contributed by atoms with van der Waals surface area (Å²) in [5.41, 5.74) is -0.717. The summed E-state index contributed by atoms with van der Waals surface area (Å²) in [5, 5.41) is 6.63. The van der Waals surface area contributed by atoms with Gasteiger partial charge in [-0.1, -0.05) is 0 Å². The minimum absolute atomic E-state index is 0.119. The molecule has 1 N–H and O–H groups in total. The predicted octanol–water partition coefficient (Wildman–Crippen LogP) is 0.884. The van der Waals surface area contributed by atoms with Crippen LogP contribution >= 0.6 is 0 Å². The van der Waals surface area contributed by atoms with Crippen LogP contribution in [-0.2, 0) is 26.5 Å². The summed E-state index contributed by atoms with van der Waals surface area (Å²) < 4.78 is 38.2. The Balaban J connectivity index is 2.05. The maximum absolute atomic E-state index is 12.9. The lowest BCUT2D eigenvalue weighted by molar-refractivity contribution is 0.0488. The topological polar surface area (TPSA) is 120 Å². The van der Waals surface area contributed by atoms with Gasteiger partial charge in [-0.2, -0.15) is 9.40 Å². The van der Waals surface area contributed by atoms with Gasteiger partial charge in [-0.3, -0.25) is 4.68 Å². The summed E-state index contributed by atoms with van der Waals surface area (Å²) in [7, 11) is -1.25. The van der Waals surface area contributed by atoms with Gasteiger partial charge in [0.05, 0.1) is 13.3 Å². The number of hydrogen-bond acceptors (Lipinski definition) is 7. The highest BCUT2D eigenvalue weighted by Gasteiger charge is 2.35. The molecule has 10 nitrogen and oxygen atoms in total. The molecule has 0 aliphatic carbocycles. The van der Waals surface area contributed by atoms with Gasteiger partial charge < -0.3 is 14.8 Å². The van der Waals surface area contributed by atoms with E-state index in [9.17, 15) is 18.0 Å². The lowest BCUT2D eigenvalue weighted by Crippen LogP contribution is -2.47. The number of carbonyl (C=O) groups excluding carboxylic acids is 2. The highest BCUT2D eigenvalue weighted by Crippen LogP contribution is 2.24. The molecule has 1 aromatic heterocycles. The second-order valence-electron chi connectivity index (χ2n) is 7.30. The molecule has 152 valence electrons.